The Labute approximate surface area is 105 Å². The molecule has 1 nitrogen and oxygen atoms in total. The fraction of sp³-hybridized carbons (Fsp3) is 0.250. The van der Waals surface area contributed by atoms with E-state index < -0.39 is 0 Å². The lowest BCUT2D eigenvalue weighted by molar-refractivity contribution is 0.323. The van der Waals surface area contributed by atoms with E-state index in [4.69, 9.17) is 4.74 Å². The van der Waals surface area contributed by atoms with Crippen molar-refractivity contribution in [1.82, 2.24) is 0 Å². The molecular weight excluding hydrogens is 208 g/mol. The quantitative estimate of drug-likeness (QED) is 0.457. The molecule has 0 atom stereocenters. The van der Waals surface area contributed by atoms with Gasteiger partial charge in [0.05, 0.1) is 0 Å². The topological polar surface area (TPSA) is 9.23 Å². The first-order valence-electron chi connectivity index (χ1n) is 5.62. The fourth-order valence-corrected chi connectivity index (χ4v) is 0.929. The van der Waals surface area contributed by atoms with Gasteiger partial charge in [-0.3, -0.25) is 0 Å². The van der Waals surface area contributed by atoms with Crippen LogP contribution in [0.15, 0.2) is 72.3 Å². The van der Waals surface area contributed by atoms with Crippen molar-refractivity contribution in [3.05, 3.63) is 72.3 Å². The van der Waals surface area contributed by atoms with Gasteiger partial charge in [0.25, 0.3) is 0 Å². The van der Waals surface area contributed by atoms with E-state index in [1.807, 2.05) is 52.0 Å². The predicted octanol–water partition coefficient (Wildman–Crippen LogP) is 5.08. The number of ether oxygens (including phenoxy) is 1. The summed E-state index contributed by atoms with van der Waals surface area (Å²) in [5.74, 6) is 1.56. The zero-order valence-electron chi connectivity index (χ0n) is 11.3. The molecule has 0 aromatic heterocycles. The molecule has 17 heavy (non-hydrogen) atoms. The van der Waals surface area contributed by atoms with Gasteiger partial charge in [0.1, 0.15) is 11.5 Å². The van der Waals surface area contributed by atoms with Gasteiger partial charge >= 0.3 is 0 Å². The second kappa shape index (κ2) is 8.40. The molecule has 0 rings (SSSR count). The highest BCUT2D eigenvalue weighted by molar-refractivity contribution is 5.23. The molecule has 0 radical (unpaired) electrons. The first-order valence-corrected chi connectivity index (χ1v) is 5.62. The van der Waals surface area contributed by atoms with Crippen molar-refractivity contribution in [3.63, 3.8) is 0 Å². The number of hydrogen-bond donors (Lipinski definition) is 0. The third-order valence-electron chi connectivity index (χ3n) is 1.96. The van der Waals surface area contributed by atoms with E-state index in [0.29, 0.717) is 0 Å². The number of allylic oxidation sites excluding steroid dienone is 9. The molecule has 0 aliphatic heterocycles. The van der Waals surface area contributed by atoms with Gasteiger partial charge in [-0.2, -0.15) is 0 Å². The van der Waals surface area contributed by atoms with Crippen molar-refractivity contribution < 1.29 is 4.74 Å². The summed E-state index contributed by atoms with van der Waals surface area (Å²) in [5, 5.41) is 0. The van der Waals surface area contributed by atoms with Crippen LogP contribution in [0.3, 0.4) is 0 Å². The smallest absolute Gasteiger partial charge is 0.126 e. The van der Waals surface area contributed by atoms with Crippen LogP contribution in [-0.4, -0.2) is 0 Å². The third-order valence-corrected chi connectivity index (χ3v) is 1.96. The monoisotopic (exact) mass is 230 g/mol. The lowest BCUT2D eigenvalue weighted by Crippen LogP contribution is -1.86. The first kappa shape index (κ1) is 15.2. The molecule has 1 heteroatoms. The van der Waals surface area contributed by atoms with Crippen molar-refractivity contribution in [2.45, 2.75) is 27.7 Å². The number of hydrogen-bond acceptors (Lipinski definition) is 1. The van der Waals surface area contributed by atoms with Gasteiger partial charge in [0.15, 0.2) is 0 Å². The van der Waals surface area contributed by atoms with Gasteiger partial charge in [0.2, 0.25) is 0 Å². The maximum atomic E-state index is 5.63. The molecule has 0 heterocycles. The zero-order valence-corrected chi connectivity index (χ0v) is 11.3. The van der Waals surface area contributed by atoms with Gasteiger partial charge in [-0.15, -0.1) is 0 Å². The van der Waals surface area contributed by atoms with Crippen LogP contribution in [-0.2, 0) is 4.74 Å². The third kappa shape index (κ3) is 8.09. The van der Waals surface area contributed by atoms with E-state index in [0.717, 1.165) is 17.1 Å². The number of rotatable bonds is 6. The lowest BCUT2D eigenvalue weighted by Gasteiger charge is -2.05. The maximum Gasteiger partial charge on any atom is 0.126 e. The largest absolute Gasteiger partial charge is 0.462 e. The van der Waals surface area contributed by atoms with Crippen molar-refractivity contribution in [3.8, 4) is 0 Å². The average molecular weight is 230 g/mol. The van der Waals surface area contributed by atoms with Crippen LogP contribution >= 0.6 is 0 Å². The minimum absolute atomic E-state index is 0.740. The zero-order chi connectivity index (χ0) is 13.3. The highest BCUT2D eigenvalue weighted by atomic mass is 16.5. The molecule has 0 aliphatic rings. The lowest BCUT2D eigenvalue weighted by atomic mass is 10.2. The van der Waals surface area contributed by atoms with Crippen LogP contribution in [0.2, 0.25) is 0 Å². The molecule has 0 fully saturated rings. The second-order valence-electron chi connectivity index (χ2n) is 4.01. The van der Waals surface area contributed by atoms with Crippen LogP contribution in [0.4, 0.5) is 0 Å². The predicted molar refractivity (Wildman–Crippen MR) is 76.5 cm³/mol. The Bertz CT molecular complexity index is 386. The first-order chi connectivity index (χ1) is 7.99. The van der Waals surface area contributed by atoms with Crippen molar-refractivity contribution in [1.29, 1.82) is 0 Å². The molecule has 0 aromatic carbocycles. The summed E-state index contributed by atoms with van der Waals surface area (Å²) in [4.78, 5) is 0. The molecular formula is C16H22O. The Balaban J connectivity index is 4.70. The molecule has 0 bridgehead atoms. The van der Waals surface area contributed by atoms with Crippen molar-refractivity contribution in [2.75, 3.05) is 0 Å². The Morgan fingerprint density at radius 3 is 1.94 bits per heavy atom. The molecule has 0 saturated heterocycles. The van der Waals surface area contributed by atoms with Crippen LogP contribution in [0.25, 0.3) is 0 Å². The van der Waals surface area contributed by atoms with Crippen LogP contribution in [0.5, 0.6) is 0 Å². The van der Waals surface area contributed by atoms with Gasteiger partial charge in [-0.25, -0.2) is 0 Å². The van der Waals surface area contributed by atoms with E-state index in [1.54, 1.807) is 12.2 Å². The van der Waals surface area contributed by atoms with E-state index >= 15 is 0 Å². The summed E-state index contributed by atoms with van der Waals surface area (Å²) < 4.78 is 5.63. The van der Waals surface area contributed by atoms with Gasteiger partial charge in [0, 0.05) is 0 Å². The second-order valence-corrected chi connectivity index (χ2v) is 4.01. The summed E-state index contributed by atoms with van der Waals surface area (Å²) in [5.41, 5.74) is 2.32. The Morgan fingerprint density at radius 1 is 0.824 bits per heavy atom. The molecule has 0 amide bonds. The van der Waals surface area contributed by atoms with E-state index in [1.165, 1.54) is 5.57 Å². The minimum Gasteiger partial charge on any atom is -0.462 e. The summed E-state index contributed by atoms with van der Waals surface area (Å²) in [6.07, 6.45) is 11.3. The van der Waals surface area contributed by atoms with E-state index in [9.17, 15) is 0 Å². The average Bonchev–Trinajstić information content (AvgIpc) is 2.30. The molecule has 0 saturated carbocycles. The van der Waals surface area contributed by atoms with Crippen molar-refractivity contribution >= 4 is 0 Å². The standard InChI is InChI=1S/C16H22O/c1-7-14(5)10-11-15(6)17-16(8-2)12-9-13(3)4/h7-12H,1-2H2,3-6H3/b14-10-,15-11+,16-12+. The molecule has 0 aromatic rings. The maximum absolute atomic E-state index is 5.63. The normalized spacial score (nSPS) is 13.1. The minimum atomic E-state index is 0.740. The van der Waals surface area contributed by atoms with Gasteiger partial charge < -0.3 is 4.74 Å². The van der Waals surface area contributed by atoms with Crippen LogP contribution in [0, 0.1) is 0 Å². The Hall–Kier alpha value is -1.76. The van der Waals surface area contributed by atoms with E-state index in [2.05, 4.69) is 13.2 Å². The van der Waals surface area contributed by atoms with Gasteiger partial charge in [-0.05, 0) is 45.9 Å². The molecule has 0 aliphatic carbocycles. The van der Waals surface area contributed by atoms with Crippen LogP contribution in [0.1, 0.15) is 27.7 Å². The SMILES string of the molecule is C=C/C(C)=C\C=C(/C)O/C(C=C)=C/C=C(C)C. The molecule has 0 spiro atoms. The van der Waals surface area contributed by atoms with Gasteiger partial charge in [-0.1, -0.05) is 42.5 Å². The fourth-order valence-electron chi connectivity index (χ4n) is 0.929. The molecule has 0 N–H and O–H groups in total. The van der Waals surface area contributed by atoms with E-state index in [-0.39, 0.29) is 0 Å². The summed E-state index contributed by atoms with van der Waals surface area (Å²) >= 11 is 0. The Kier molecular flexibility index (Phi) is 7.53. The van der Waals surface area contributed by atoms with Crippen molar-refractivity contribution in [2.24, 2.45) is 0 Å². The summed E-state index contributed by atoms with van der Waals surface area (Å²) in [6, 6.07) is 0. The Morgan fingerprint density at radius 2 is 1.47 bits per heavy atom. The summed E-state index contributed by atoms with van der Waals surface area (Å²) in [7, 11) is 0. The molecule has 0 unspecified atom stereocenters. The summed E-state index contributed by atoms with van der Waals surface area (Å²) in [6.45, 7) is 15.4. The molecule has 92 valence electrons. The van der Waals surface area contributed by atoms with Crippen LogP contribution < -0.4 is 0 Å². The highest BCUT2D eigenvalue weighted by Gasteiger charge is 1.92. The highest BCUT2D eigenvalue weighted by Crippen LogP contribution is 2.09.